The van der Waals surface area contributed by atoms with Gasteiger partial charge >= 0.3 is 5.97 Å². The number of hydrogen-bond acceptors (Lipinski definition) is 5. The normalized spacial score (nSPS) is 10.8. The Hall–Kier alpha value is -3.02. The molecule has 0 saturated carbocycles. The number of imidazole rings is 1. The van der Waals surface area contributed by atoms with Gasteiger partial charge in [-0.05, 0) is 49.7 Å². The molecule has 0 saturated heterocycles. The maximum Gasteiger partial charge on any atom is 0.325 e. The zero-order valence-corrected chi connectivity index (χ0v) is 13.6. The zero-order chi connectivity index (χ0) is 17.1. The molecular weight excluding hydrogens is 306 g/mol. The summed E-state index contributed by atoms with van der Waals surface area (Å²) in [6.45, 7) is 4.16. The van der Waals surface area contributed by atoms with Gasteiger partial charge in [-0.15, -0.1) is 0 Å². The van der Waals surface area contributed by atoms with Crippen LogP contribution in [0.25, 0.3) is 16.9 Å². The number of aromatic nitrogens is 2. The lowest BCUT2D eigenvalue weighted by atomic mass is 10.1. The van der Waals surface area contributed by atoms with E-state index in [1.165, 1.54) is 0 Å². The number of ether oxygens (including phenoxy) is 1. The van der Waals surface area contributed by atoms with E-state index in [1.54, 1.807) is 31.2 Å². The van der Waals surface area contributed by atoms with Gasteiger partial charge in [0, 0.05) is 11.8 Å². The average Bonchev–Trinajstić information content (AvgIpc) is 2.94. The van der Waals surface area contributed by atoms with Crippen LogP contribution in [0.4, 0.5) is 5.82 Å². The molecule has 6 nitrogen and oxygen atoms in total. The zero-order valence-electron chi connectivity index (χ0n) is 13.6. The number of phenols is 1. The SMILES string of the molecule is CCOC(=O)CNc1c(-c2ccc(O)cc2)nc2c(C)cccn12. The lowest BCUT2D eigenvalue weighted by Crippen LogP contribution is -2.17. The maximum absolute atomic E-state index is 11.7. The van der Waals surface area contributed by atoms with Gasteiger partial charge in [0.25, 0.3) is 0 Å². The summed E-state index contributed by atoms with van der Waals surface area (Å²) >= 11 is 0. The van der Waals surface area contributed by atoms with Gasteiger partial charge in [0.1, 0.15) is 29.5 Å². The van der Waals surface area contributed by atoms with Crippen LogP contribution in [0.1, 0.15) is 12.5 Å². The third kappa shape index (κ3) is 3.03. The van der Waals surface area contributed by atoms with Crippen LogP contribution in [0, 0.1) is 6.92 Å². The highest BCUT2D eigenvalue weighted by Crippen LogP contribution is 2.30. The number of carbonyl (C=O) groups is 1. The maximum atomic E-state index is 11.7. The summed E-state index contributed by atoms with van der Waals surface area (Å²) in [6.07, 6.45) is 1.90. The molecule has 2 heterocycles. The van der Waals surface area contributed by atoms with Crippen LogP contribution in [0.5, 0.6) is 5.75 Å². The molecule has 0 aliphatic carbocycles. The van der Waals surface area contributed by atoms with Crippen LogP contribution in [0.15, 0.2) is 42.6 Å². The molecule has 2 N–H and O–H groups in total. The van der Waals surface area contributed by atoms with Crippen LogP contribution >= 0.6 is 0 Å². The lowest BCUT2D eigenvalue weighted by molar-refractivity contribution is -0.140. The smallest absolute Gasteiger partial charge is 0.325 e. The molecule has 3 rings (SSSR count). The van der Waals surface area contributed by atoms with Gasteiger partial charge in [0.15, 0.2) is 0 Å². The van der Waals surface area contributed by atoms with E-state index in [0.717, 1.165) is 16.8 Å². The summed E-state index contributed by atoms with van der Waals surface area (Å²) in [6, 6.07) is 10.7. The molecule has 124 valence electrons. The summed E-state index contributed by atoms with van der Waals surface area (Å²) in [4.78, 5) is 16.4. The first-order valence-corrected chi connectivity index (χ1v) is 7.76. The number of rotatable bonds is 5. The van der Waals surface area contributed by atoms with E-state index in [4.69, 9.17) is 9.72 Å². The fraction of sp³-hybridized carbons (Fsp3) is 0.222. The van der Waals surface area contributed by atoms with Gasteiger partial charge < -0.3 is 15.2 Å². The Morgan fingerprint density at radius 1 is 1.29 bits per heavy atom. The molecule has 0 bridgehead atoms. The van der Waals surface area contributed by atoms with E-state index in [2.05, 4.69) is 5.32 Å². The van der Waals surface area contributed by atoms with E-state index in [0.29, 0.717) is 18.1 Å². The Labute approximate surface area is 139 Å². The molecule has 0 radical (unpaired) electrons. The van der Waals surface area contributed by atoms with Crippen LogP contribution in [0.2, 0.25) is 0 Å². The van der Waals surface area contributed by atoms with Crippen LogP contribution in [-0.4, -0.2) is 33.6 Å². The number of nitrogens with one attached hydrogen (secondary N) is 1. The first-order chi connectivity index (χ1) is 11.6. The van der Waals surface area contributed by atoms with Gasteiger partial charge in [0.05, 0.1) is 6.61 Å². The van der Waals surface area contributed by atoms with E-state index < -0.39 is 0 Å². The number of anilines is 1. The minimum absolute atomic E-state index is 0.0562. The van der Waals surface area contributed by atoms with Gasteiger partial charge in [-0.1, -0.05) is 6.07 Å². The number of benzene rings is 1. The van der Waals surface area contributed by atoms with Crippen molar-refractivity contribution < 1.29 is 14.6 Å². The predicted molar refractivity (Wildman–Crippen MR) is 92.2 cm³/mol. The minimum Gasteiger partial charge on any atom is -0.508 e. The molecule has 0 aliphatic heterocycles. The summed E-state index contributed by atoms with van der Waals surface area (Å²) in [5, 5.41) is 12.6. The molecule has 1 aromatic carbocycles. The third-order valence-corrected chi connectivity index (χ3v) is 3.69. The molecule has 0 spiro atoms. The van der Waals surface area contributed by atoms with Crippen molar-refractivity contribution in [3.05, 3.63) is 48.2 Å². The number of esters is 1. The Kier molecular flexibility index (Phi) is 4.37. The highest BCUT2D eigenvalue weighted by molar-refractivity contribution is 5.81. The molecule has 2 aromatic heterocycles. The second kappa shape index (κ2) is 6.62. The van der Waals surface area contributed by atoms with Gasteiger partial charge in [-0.3, -0.25) is 9.20 Å². The molecule has 0 fully saturated rings. The van der Waals surface area contributed by atoms with Crippen molar-refractivity contribution in [2.75, 3.05) is 18.5 Å². The highest BCUT2D eigenvalue weighted by Gasteiger charge is 2.16. The number of phenolic OH excluding ortho intramolecular Hbond substituents is 1. The van der Waals surface area contributed by atoms with Crippen molar-refractivity contribution in [2.45, 2.75) is 13.8 Å². The Morgan fingerprint density at radius 3 is 2.75 bits per heavy atom. The monoisotopic (exact) mass is 325 g/mol. The predicted octanol–water partition coefficient (Wildman–Crippen LogP) is 2.99. The van der Waals surface area contributed by atoms with E-state index in [9.17, 15) is 9.90 Å². The van der Waals surface area contributed by atoms with Gasteiger partial charge in [-0.2, -0.15) is 0 Å². The standard InChI is InChI=1S/C18H19N3O3/c1-3-24-15(23)11-19-18-16(13-6-8-14(22)9-7-13)20-17-12(2)5-4-10-21(17)18/h4-10,19,22H,3,11H2,1-2H3. The van der Waals surface area contributed by atoms with Crippen molar-refractivity contribution in [3.8, 4) is 17.0 Å². The van der Waals surface area contributed by atoms with E-state index >= 15 is 0 Å². The number of nitrogens with zero attached hydrogens (tertiary/aromatic N) is 2. The highest BCUT2D eigenvalue weighted by atomic mass is 16.5. The second-order valence-corrected chi connectivity index (χ2v) is 5.40. The van der Waals surface area contributed by atoms with Crippen molar-refractivity contribution >= 4 is 17.4 Å². The molecule has 0 amide bonds. The minimum atomic E-state index is -0.322. The number of aromatic hydroxyl groups is 1. The van der Waals surface area contributed by atoms with Crippen LogP contribution < -0.4 is 5.32 Å². The van der Waals surface area contributed by atoms with Gasteiger partial charge in [-0.25, -0.2) is 4.98 Å². The third-order valence-electron chi connectivity index (χ3n) is 3.69. The quantitative estimate of drug-likeness (QED) is 0.705. The first kappa shape index (κ1) is 15.9. The Morgan fingerprint density at radius 2 is 2.04 bits per heavy atom. The van der Waals surface area contributed by atoms with E-state index in [1.807, 2.05) is 29.7 Å². The number of aryl methyl sites for hydroxylation is 1. The number of hydrogen-bond donors (Lipinski definition) is 2. The lowest BCUT2D eigenvalue weighted by Gasteiger charge is -2.08. The Balaban J connectivity index is 2.06. The van der Waals surface area contributed by atoms with Crippen LogP contribution in [-0.2, 0) is 9.53 Å². The number of fused-ring (bicyclic) bond motifs is 1. The van der Waals surface area contributed by atoms with Gasteiger partial charge in [0.2, 0.25) is 0 Å². The molecule has 6 heteroatoms. The number of carbonyl (C=O) groups excluding carboxylic acids is 1. The summed E-state index contributed by atoms with van der Waals surface area (Å²) in [5.41, 5.74) is 3.41. The van der Waals surface area contributed by atoms with Crippen molar-refractivity contribution in [2.24, 2.45) is 0 Å². The largest absolute Gasteiger partial charge is 0.508 e. The molecule has 0 unspecified atom stereocenters. The first-order valence-electron chi connectivity index (χ1n) is 7.76. The Bertz CT molecular complexity index is 869. The number of pyridine rings is 1. The van der Waals surface area contributed by atoms with Crippen molar-refractivity contribution in [1.82, 2.24) is 9.38 Å². The van der Waals surface area contributed by atoms with Crippen LogP contribution in [0.3, 0.4) is 0 Å². The van der Waals surface area contributed by atoms with E-state index in [-0.39, 0.29) is 18.3 Å². The van der Waals surface area contributed by atoms with Crippen molar-refractivity contribution in [1.29, 1.82) is 0 Å². The molecular formula is C18H19N3O3. The fourth-order valence-corrected chi connectivity index (χ4v) is 2.56. The molecule has 3 aromatic rings. The fourth-order valence-electron chi connectivity index (χ4n) is 2.56. The average molecular weight is 325 g/mol. The topological polar surface area (TPSA) is 75.9 Å². The molecule has 0 aliphatic rings. The summed E-state index contributed by atoms with van der Waals surface area (Å²) < 4.78 is 6.89. The second-order valence-electron chi connectivity index (χ2n) is 5.40. The molecule has 0 atom stereocenters. The van der Waals surface area contributed by atoms with Crippen molar-refractivity contribution in [3.63, 3.8) is 0 Å². The molecule has 24 heavy (non-hydrogen) atoms. The summed E-state index contributed by atoms with van der Waals surface area (Å²) in [5.74, 6) is 0.587. The summed E-state index contributed by atoms with van der Waals surface area (Å²) in [7, 11) is 0.